The van der Waals surface area contributed by atoms with Crippen LogP contribution in [0.15, 0.2) is 23.1 Å². The van der Waals surface area contributed by atoms with Crippen LogP contribution in [0.2, 0.25) is 0 Å². The van der Waals surface area contributed by atoms with Crippen molar-refractivity contribution in [3.63, 3.8) is 0 Å². The van der Waals surface area contributed by atoms with Crippen LogP contribution in [0.25, 0.3) is 0 Å². The number of benzene rings is 1. The van der Waals surface area contributed by atoms with Gasteiger partial charge in [0, 0.05) is 11.0 Å². The Morgan fingerprint density at radius 2 is 1.71 bits per heavy atom. The van der Waals surface area contributed by atoms with Gasteiger partial charge in [-0.05, 0) is 18.4 Å². The fourth-order valence-corrected chi connectivity index (χ4v) is 1.49. The Morgan fingerprint density at radius 1 is 1.12 bits per heavy atom. The van der Waals surface area contributed by atoms with Crippen LogP contribution in [-0.2, 0) is 0 Å². The summed E-state index contributed by atoms with van der Waals surface area (Å²) in [7, 11) is 0. The standard InChI is InChI=1S/C9H7F5O2S/c1-17-7-3-5(15-8(10)11)2-6(4-7)16-9(12,13)14/h2-4,8H,1H3. The largest absolute Gasteiger partial charge is 0.573 e. The SMILES string of the molecule is CSc1cc(OC(F)F)cc(OC(F)(F)F)c1. The summed E-state index contributed by atoms with van der Waals surface area (Å²) >= 11 is 1.08. The smallest absolute Gasteiger partial charge is 0.435 e. The molecule has 0 atom stereocenters. The highest BCUT2D eigenvalue weighted by Gasteiger charge is 2.31. The molecule has 2 nitrogen and oxygen atoms in total. The van der Waals surface area contributed by atoms with Gasteiger partial charge in [0.25, 0.3) is 0 Å². The van der Waals surface area contributed by atoms with Gasteiger partial charge in [0.05, 0.1) is 0 Å². The fourth-order valence-electron chi connectivity index (χ4n) is 1.03. The van der Waals surface area contributed by atoms with Gasteiger partial charge < -0.3 is 9.47 Å². The van der Waals surface area contributed by atoms with Crippen LogP contribution in [0.1, 0.15) is 0 Å². The summed E-state index contributed by atoms with van der Waals surface area (Å²) in [6.45, 7) is -3.11. The molecule has 96 valence electrons. The van der Waals surface area contributed by atoms with Crippen LogP contribution < -0.4 is 9.47 Å². The minimum atomic E-state index is -4.88. The van der Waals surface area contributed by atoms with Crippen molar-refractivity contribution in [2.45, 2.75) is 17.9 Å². The van der Waals surface area contributed by atoms with Crippen LogP contribution in [0, 0.1) is 0 Å². The zero-order chi connectivity index (χ0) is 13.1. The summed E-state index contributed by atoms with van der Waals surface area (Å²) in [5.74, 6) is -0.980. The Bertz CT molecular complexity index is 380. The molecular formula is C9H7F5O2S. The van der Waals surface area contributed by atoms with Crippen molar-refractivity contribution < 1.29 is 31.4 Å². The number of ether oxygens (including phenoxy) is 2. The van der Waals surface area contributed by atoms with E-state index in [1.807, 2.05) is 0 Å². The van der Waals surface area contributed by atoms with Crippen molar-refractivity contribution in [1.82, 2.24) is 0 Å². The van der Waals surface area contributed by atoms with Gasteiger partial charge in [0.15, 0.2) is 0 Å². The van der Waals surface area contributed by atoms with E-state index in [0.29, 0.717) is 4.90 Å². The van der Waals surface area contributed by atoms with Crippen molar-refractivity contribution in [3.8, 4) is 11.5 Å². The molecule has 1 rings (SSSR count). The molecule has 0 amide bonds. The van der Waals surface area contributed by atoms with E-state index in [2.05, 4.69) is 9.47 Å². The predicted molar refractivity (Wildman–Crippen MR) is 51.5 cm³/mol. The molecule has 0 aliphatic heterocycles. The van der Waals surface area contributed by atoms with E-state index in [-0.39, 0.29) is 5.75 Å². The average Bonchev–Trinajstić information content (AvgIpc) is 2.13. The predicted octanol–water partition coefficient (Wildman–Crippen LogP) is 3.91. The molecule has 0 saturated carbocycles. The van der Waals surface area contributed by atoms with Crippen molar-refractivity contribution >= 4 is 11.8 Å². The summed E-state index contributed by atoms with van der Waals surface area (Å²) < 4.78 is 67.4. The Hall–Kier alpha value is -1.18. The molecule has 0 aliphatic rings. The monoisotopic (exact) mass is 274 g/mol. The van der Waals surface area contributed by atoms with Crippen molar-refractivity contribution in [1.29, 1.82) is 0 Å². The lowest BCUT2D eigenvalue weighted by molar-refractivity contribution is -0.274. The fraction of sp³-hybridized carbons (Fsp3) is 0.333. The topological polar surface area (TPSA) is 18.5 Å². The highest BCUT2D eigenvalue weighted by atomic mass is 32.2. The summed E-state index contributed by atoms with van der Waals surface area (Å²) in [5, 5.41) is 0. The van der Waals surface area contributed by atoms with Gasteiger partial charge in [0.2, 0.25) is 0 Å². The highest BCUT2D eigenvalue weighted by molar-refractivity contribution is 7.98. The van der Waals surface area contributed by atoms with E-state index in [1.54, 1.807) is 6.26 Å². The Morgan fingerprint density at radius 3 is 2.18 bits per heavy atom. The van der Waals surface area contributed by atoms with Crippen molar-refractivity contribution in [3.05, 3.63) is 18.2 Å². The zero-order valence-electron chi connectivity index (χ0n) is 8.42. The number of halogens is 5. The summed E-state index contributed by atoms with van der Waals surface area (Å²) in [4.78, 5) is 0.322. The third kappa shape index (κ3) is 5.12. The molecule has 1 aromatic carbocycles. The van der Waals surface area contributed by atoms with Crippen LogP contribution in [0.5, 0.6) is 11.5 Å². The average molecular weight is 274 g/mol. The lowest BCUT2D eigenvalue weighted by Gasteiger charge is -2.12. The second-order valence-corrected chi connectivity index (χ2v) is 3.65. The third-order valence-electron chi connectivity index (χ3n) is 1.55. The Balaban J connectivity index is 2.97. The van der Waals surface area contributed by atoms with Gasteiger partial charge >= 0.3 is 13.0 Å². The van der Waals surface area contributed by atoms with Gasteiger partial charge in [-0.3, -0.25) is 0 Å². The first-order chi connectivity index (χ1) is 7.80. The number of rotatable bonds is 4. The first kappa shape index (κ1) is 13.9. The van der Waals surface area contributed by atoms with Crippen LogP contribution in [0.3, 0.4) is 0 Å². The first-order valence-electron chi connectivity index (χ1n) is 4.20. The molecule has 0 aliphatic carbocycles. The second-order valence-electron chi connectivity index (χ2n) is 2.77. The number of thioether (sulfide) groups is 1. The number of hydrogen-bond acceptors (Lipinski definition) is 3. The highest BCUT2D eigenvalue weighted by Crippen LogP contribution is 2.32. The molecule has 0 bridgehead atoms. The van der Waals surface area contributed by atoms with E-state index in [9.17, 15) is 22.0 Å². The van der Waals surface area contributed by atoms with Gasteiger partial charge in [-0.25, -0.2) is 0 Å². The molecule has 0 saturated heterocycles. The van der Waals surface area contributed by atoms with Gasteiger partial charge in [-0.15, -0.1) is 24.9 Å². The Labute approximate surface area is 97.7 Å². The van der Waals surface area contributed by atoms with Crippen LogP contribution >= 0.6 is 11.8 Å². The minimum absolute atomic E-state index is 0.322. The molecule has 0 heterocycles. The minimum Gasteiger partial charge on any atom is -0.435 e. The van der Waals surface area contributed by atoms with E-state index in [0.717, 1.165) is 23.9 Å². The summed E-state index contributed by atoms with van der Waals surface area (Å²) in [5.41, 5.74) is 0. The molecular weight excluding hydrogens is 267 g/mol. The van der Waals surface area contributed by atoms with Crippen LogP contribution in [-0.4, -0.2) is 19.2 Å². The maximum absolute atomic E-state index is 12.0. The molecule has 0 fully saturated rings. The molecule has 0 unspecified atom stereocenters. The molecule has 8 heteroatoms. The molecule has 0 aromatic heterocycles. The lowest BCUT2D eigenvalue weighted by Crippen LogP contribution is -2.17. The molecule has 0 N–H and O–H groups in total. The van der Waals surface area contributed by atoms with E-state index in [1.165, 1.54) is 6.07 Å². The maximum atomic E-state index is 12.0. The molecule has 0 radical (unpaired) electrons. The zero-order valence-corrected chi connectivity index (χ0v) is 9.24. The van der Waals surface area contributed by atoms with Gasteiger partial charge in [0.1, 0.15) is 11.5 Å². The van der Waals surface area contributed by atoms with E-state index < -0.39 is 18.7 Å². The molecule has 17 heavy (non-hydrogen) atoms. The summed E-state index contributed by atoms with van der Waals surface area (Å²) in [6.07, 6.45) is -3.29. The second kappa shape index (κ2) is 5.44. The number of alkyl halides is 5. The van der Waals surface area contributed by atoms with E-state index in [4.69, 9.17) is 0 Å². The maximum Gasteiger partial charge on any atom is 0.573 e. The first-order valence-corrected chi connectivity index (χ1v) is 5.42. The molecule has 0 spiro atoms. The quantitative estimate of drug-likeness (QED) is 0.612. The lowest BCUT2D eigenvalue weighted by atomic mass is 10.3. The van der Waals surface area contributed by atoms with Gasteiger partial charge in [-0.2, -0.15) is 8.78 Å². The normalized spacial score (nSPS) is 11.7. The van der Waals surface area contributed by atoms with E-state index >= 15 is 0 Å². The summed E-state index contributed by atoms with van der Waals surface area (Å²) in [6, 6.07) is 3.02. The third-order valence-corrected chi connectivity index (χ3v) is 2.26. The van der Waals surface area contributed by atoms with Crippen LogP contribution in [0.4, 0.5) is 22.0 Å². The Kier molecular flexibility index (Phi) is 4.44. The van der Waals surface area contributed by atoms with Crippen molar-refractivity contribution in [2.24, 2.45) is 0 Å². The number of hydrogen-bond donors (Lipinski definition) is 0. The van der Waals surface area contributed by atoms with Gasteiger partial charge in [-0.1, -0.05) is 0 Å². The van der Waals surface area contributed by atoms with Crippen molar-refractivity contribution in [2.75, 3.05) is 6.26 Å². The molecule has 1 aromatic rings.